The average molecular weight is 250 g/mol. The van der Waals surface area contributed by atoms with Gasteiger partial charge in [-0.3, -0.25) is 14.8 Å². The third-order valence-electron chi connectivity index (χ3n) is 2.73. The second kappa shape index (κ2) is 4.81. The predicted octanol–water partition coefficient (Wildman–Crippen LogP) is 2.14. The Balaban J connectivity index is 2.12. The first-order valence-corrected chi connectivity index (χ1v) is 5.74. The van der Waals surface area contributed by atoms with Crippen LogP contribution in [0.4, 0.5) is 0 Å². The fourth-order valence-corrected chi connectivity index (χ4v) is 1.83. The van der Waals surface area contributed by atoms with Gasteiger partial charge >= 0.3 is 0 Å². The van der Waals surface area contributed by atoms with Gasteiger partial charge in [-0.15, -0.1) is 0 Å². The summed E-state index contributed by atoms with van der Waals surface area (Å²) < 4.78 is 1.66. The Kier molecular flexibility index (Phi) is 2.86. The third kappa shape index (κ3) is 2.13. The van der Waals surface area contributed by atoms with Crippen LogP contribution >= 0.6 is 0 Å². The molecule has 0 saturated carbocycles. The SMILES string of the molecule is O=Cc1cn(-c2ccncc2)nc1-c1cccnc1. The maximum absolute atomic E-state index is 11.2. The number of rotatable bonds is 3. The van der Waals surface area contributed by atoms with E-state index in [2.05, 4.69) is 15.1 Å². The number of nitrogens with zero attached hydrogens (tertiary/aromatic N) is 4. The molecule has 3 rings (SSSR count). The largest absolute Gasteiger partial charge is 0.298 e. The molecule has 3 aromatic heterocycles. The summed E-state index contributed by atoms with van der Waals surface area (Å²) in [7, 11) is 0. The molecule has 0 radical (unpaired) electrons. The van der Waals surface area contributed by atoms with E-state index < -0.39 is 0 Å². The molecule has 19 heavy (non-hydrogen) atoms. The highest BCUT2D eigenvalue weighted by atomic mass is 16.1. The van der Waals surface area contributed by atoms with Gasteiger partial charge < -0.3 is 0 Å². The minimum absolute atomic E-state index is 0.532. The summed E-state index contributed by atoms with van der Waals surface area (Å²) in [6.07, 6.45) is 9.23. The summed E-state index contributed by atoms with van der Waals surface area (Å²) >= 11 is 0. The lowest BCUT2D eigenvalue weighted by Crippen LogP contribution is -1.94. The van der Waals surface area contributed by atoms with E-state index in [0.717, 1.165) is 17.5 Å². The Morgan fingerprint density at radius 1 is 1.05 bits per heavy atom. The monoisotopic (exact) mass is 250 g/mol. The number of pyridine rings is 2. The quantitative estimate of drug-likeness (QED) is 0.668. The van der Waals surface area contributed by atoms with Crippen molar-refractivity contribution in [2.45, 2.75) is 0 Å². The Morgan fingerprint density at radius 2 is 1.89 bits per heavy atom. The lowest BCUT2D eigenvalue weighted by Gasteiger charge is -1.99. The van der Waals surface area contributed by atoms with Gasteiger partial charge in [0.2, 0.25) is 0 Å². The van der Waals surface area contributed by atoms with Crippen molar-refractivity contribution in [3.63, 3.8) is 0 Å². The third-order valence-corrected chi connectivity index (χ3v) is 2.73. The molecule has 3 heterocycles. The summed E-state index contributed by atoms with van der Waals surface area (Å²) in [5.41, 5.74) is 2.83. The van der Waals surface area contributed by atoms with E-state index in [1.165, 1.54) is 0 Å². The Labute approximate surface area is 109 Å². The Bertz CT molecular complexity index is 692. The zero-order chi connectivity index (χ0) is 13.1. The Morgan fingerprint density at radius 3 is 2.58 bits per heavy atom. The normalized spacial score (nSPS) is 10.3. The first-order valence-electron chi connectivity index (χ1n) is 5.74. The zero-order valence-corrected chi connectivity index (χ0v) is 9.97. The van der Waals surface area contributed by atoms with Crippen molar-refractivity contribution in [1.82, 2.24) is 19.7 Å². The molecule has 0 atom stereocenters. The van der Waals surface area contributed by atoms with E-state index in [4.69, 9.17) is 0 Å². The van der Waals surface area contributed by atoms with E-state index in [0.29, 0.717) is 11.3 Å². The lowest BCUT2D eigenvalue weighted by atomic mass is 10.1. The fraction of sp³-hybridized carbons (Fsp3) is 0. The van der Waals surface area contributed by atoms with Crippen molar-refractivity contribution < 1.29 is 4.79 Å². The molecule has 0 spiro atoms. The van der Waals surface area contributed by atoms with Crippen molar-refractivity contribution in [3.05, 3.63) is 60.8 Å². The molecule has 0 aliphatic rings. The van der Waals surface area contributed by atoms with Crippen molar-refractivity contribution in [2.75, 3.05) is 0 Å². The highest BCUT2D eigenvalue weighted by Crippen LogP contribution is 2.21. The van der Waals surface area contributed by atoms with Crippen LogP contribution in [-0.2, 0) is 0 Å². The highest BCUT2D eigenvalue weighted by molar-refractivity contribution is 5.85. The van der Waals surface area contributed by atoms with Crippen LogP contribution in [0.2, 0.25) is 0 Å². The standard InChI is InChI=1S/C14H10N4O/c19-10-12-9-18(13-3-6-15-7-4-13)17-14(12)11-2-1-5-16-8-11/h1-10H. The molecule has 92 valence electrons. The molecule has 0 aromatic carbocycles. The Hall–Kier alpha value is -2.82. The topological polar surface area (TPSA) is 60.7 Å². The van der Waals surface area contributed by atoms with Crippen molar-refractivity contribution in [2.24, 2.45) is 0 Å². The average Bonchev–Trinajstić information content (AvgIpc) is 2.93. The van der Waals surface area contributed by atoms with Crippen LogP contribution in [0.15, 0.2) is 55.2 Å². The molecule has 0 unspecified atom stereocenters. The van der Waals surface area contributed by atoms with Crippen LogP contribution in [0.5, 0.6) is 0 Å². The van der Waals surface area contributed by atoms with Crippen molar-refractivity contribution in [3.8, 4) is 16.9 Å². The molecule has 5 nitrogen and oxygen atoms in total. The minimum atomic E-state index is 0.532. The molecule has 0 amide bonds. The molecule has 0 aliphatic heterocycles. The summed E-state index contributed by atoms with van der Waals surface area (Å²) in [5.74, 6) is 0. The van der Waals surface area contributed by atoms with Gasteiger partial charge in [0.05, 0.1) is 11.3 Å². The van der Waals surface area contributed by atoms with E-state index in [9.17, 15) is 4.79 Å². The maximum atomic E-state index is 11.2. The van der Waals surface area contributed by atoms with Crippen LogP contribution in [0.25, 0.3) is 16.9 Å². The molecule has 0 aliphatic carbocycles. The van der Waals surface area contributed by atoms with Crippen LogP contribution in [0, 0.1) is 0 Å². The number of aromatic nitrogens is 4. The van der Waals surface area contributed by atoms with Gasteiger partial charge in [0.1, 0.15) is 5.69 Å². The summed E-state index contributed by atoms with van der Waals surface area (Å²) in [5, 5.41) is 4.44. The second-order valence-electron chi connectivity index (χ2n) is 3.94. The van der Waals surface area contributed by atoms with Gasteiger partial charge in [0.25, 0.3) is 0 Å². The summed E-state index contributed by atoms with van der Waals surface area (Å²) in [6, 6.07) is 7.35. The minimum Gasteiger partial charge on any atom is -0.298 e. The first kappa shape index (κ1) is 11.3. The molecular weight excluding hydrogens is 240 g/mol. The van der Waals surface area contributed by atoms with Gasteiger partial charge in [-0.05, 0) is 24.3 Å². The van der Waals surface area contributed by atoms with Crippen LogP contribution in [0.1, 0.15) is 10.4 Å². The summed E-state index contributed by atoms with van der Waals surface area (Å²) in [6.45, 7) is 0. The smallest absolute Gasteiger partial charge is 0.153 e. The van der Waals surface area contributed by atoms with Crippen LogP contribution < -0.4 is 0 Å². The zero-order valence-electron chi connectivity index (χ0n) is 9.97. The molecule has 0 N–H and O–H groups in total. The second-order valence-corrected chi connectivity index (χ2v) is 3.94. The molecule has 3 aromatic rings. The van der Waals surface area contributed by atoms with E-state index >= 15 is 0 Å². The van der Waals surface area contributed by atoms with E-state index in [1.807, 2.05) is 24.3 Å². The van der Waals surface area contributed by atoms with E-state index in [-0.39, 0.29) is 0 Å². The lowest BCUT2D eigenvalue weighted by molar-refractivity contribution is 0.112. The fourth-order valence-electron chi connectivity index (χ4n) is 1.83. The molecule has 0 saturated heterocycles. The first-order chi connectivity index (χ1) is 9.38. The highest BCUT2D eigenvalue weighted by Gasteiger charge is 2.11. The van der Waals surface area contributed by atoms with Crippen molar-refractivity contribution in [1.29, 1.82) is 0 Å². The predicted molar refractivity (Wildman–Crippen MR) is 70.0 cm³/mol. The summed E-state index contributed by atoms with van der Waals surface area (Å²) in [4.78, 5) is 19.2. The van der Waals surface area contributed by atoms with Gasteiger partial charge in [0.15, 0.2) is 6.29 Å². The van der Waals surface area contributed by atoms with Crippen LogP contribution in [0.3, 0.4) is 0 Å². The van der Waals surface area contributed by atoms with Gasteiger partial charge in [-0.1, -0.05) is 0 Å². The van der Waals surface area contributed by atoms with Crippen molar-refractivity contribution >= 4 is 6.29 Å². The molecule has 0 bridgehead atoms. The van der Waals surface area contributed by atoms with Crippen LogP contribution in [-0.4, -0.2) is 26.0 Å². The van der Waals surface area contributed by atoms with Gasteiger partial charge in [0, 0.05) is 36.5 Å². The van der Waals surface area contributed by atoms with Gasteiger partial charge in [-0.2, -0.15) is 5.10 Å². The maximum Gasteiger partial charge on any atom is 0.153 e. The number of carbonyl (C=O) groups is 1. The number of carbonyl (C=O) groups excluding carboxylic acids is 1. The molecule has 0 fully saturated rings. The van der Waals surface area contributed by atoms with Gasteiger partial charge in [-0.25, -0.2) is 4.68 Å². The number of hydrogen-bond acceptors (Lipinski definition) is 4. The number of hydrogen-bond donors (Lipinski definition) is 0. The molecular formula is C14H10N4O. The number of aldehydes is 1. The molecule has 5 heteroatoms. The van der Waals surface area contributed by atoms with E-state index in [1.54, 1.807) is 35.7 Å².